The van der Waals surface area contributed by atoms with E-state index in [0.29, 0.717) is 22.3 Å². The first-order valence-corrected chi connectivity index (χ1v) is 10.2. The number of hydrogen-bond acceptors (Lipinski definition) is 4. The van der Waals surface area contributed by atoms with Gasteiger partial charge in [0.15, 0.2) is 5.13 Å². The topological polar surface area (TPSA) is 51.0 Å². The van der Waals surface area contributed by atoms with Crippen LogP contribution in [0.1, 0.15) is 22.3 Å². The molecule has 0 radical (unpaired) electrons. The van der Waals surface area contributed by atoms with E-state index >= 15 is 0 Å². The zero-order chi connectivity index (χ0) is 19.5. The molecule has 4 rings (SSSR count). The minimum atomic E-state index is -0.0927. The maximum atomic E-state index is 13.3. The van der Waals surface area contributed by atoms with Crippen LogP contribution in [-0.2, 0) is 6.54 Å². The largest absolute Gasteiger partial charge is 0.337 e. The Morgan fingerprint density at radius 3 is 2.86 bits per heavy atom. The Morgan fingerprint density at radius 2 is 2.11 bits per heavy atom. The number of benzene rings is 2. The first-order chi connectivity index (χ1) is 13.6. The highest BCUT2D eigenvalue weighted by molar-refractivity contribution is 7.22. The molecule has 0 aliphatic rings. The number of hydrogen-bond donors (Lipinski definition) is 0. The third kappa shape index (κ3) is 3.93. The van der Waals surface area contributed by atoms with Gasteiger partial charge in [-0.1, -0.05) is 41.1 Å². The van der Waals surface area contributed by atoms with E-state index in [1.54, 1.807) is 41.7 Å². The second kappa shape index (κ2) is 8.12. The SMILES string of the molecule is Cc1cccc2sc(N(CCCn3ccnc3)C(=O)c3cccc(Cl)c3)nc12. The van der Waals surface area contributed by atoms with Gasteiger partial charge in [0.1, 0.15) is 0 Å². The number of rotatable bonds is 6. The van der Waals surface area contributed by atoms with Crippen LogP contribution in [0.5, 0.6) is 0 Å². The number of aryl methyl sites for hydroxylation is 2. The Morgan fingerprint density at radius 1 is 1.25 bits per heavy atom. The fourth-order valence-corrected chi connectivity index (χ4v) is 4.34. The van der Waals surface area contributed by atoms with Crippen molar-refractivity contribution in [2.75, 3.05) is 11.4 Å². The molecule has 4 aromatic rings. The lowest BCUT2D eigenvalue weighted by Gasteiger charge is -2.20. The van der Waals surface area contributed by atoms with E-state index in [0.717, 1.165) is 28.7 Å². The molecule has 1 amide bonds. The van der Waals surface area contributed by atoms with Crippen molar-refractivity contribution in [1.29, 1.82) is 0 Å². The predicted octanol–water partition coefficient (Wildman–Crippen LogP) is 5.19. The van der Waals surface area contributed by atoms with E-state index in [-0.39, 0.29) is 5.91 Å². The molecule has 0 saturated heterocycles. The van der Waals surface area contributed by atoms with Gasteiger partial charge in [0.25, 0.3) is 5.91 Å². The quantitative estimate of drug-likeness (QED) is 0.439. The average molecular weight is 411 g/mol. The summed E-state index contributed by atoms with van der Waals surface area (Å²) in [5.74, 6) is -0.0927. The van der Waals surface area contributed by atoms with Crippen LogP contribution in [0.25, 0.3) is 10.2 Å². The number of carbonyl (C=O) groups is 1. The molecule has 0 aliphatic heterocycles. The predicted molar refractivity (Wildman–Crippen MR) is 114 cm³/mol. The molecular formula is C21H19ClN4OS. The van der Waals surface area contributed by atoms with Crippen molar-refractivity contribution in [2.45, 2.75) is 19.9 Å². The highest BCUT2D eigenvalue weighted by Crippen LogP contribution is 2.31. The summed E-state index contributed by atoms with van der Waals surface area (Å²) in [5.41, 5.74) is 2.61. The van der Waals surface area contributed by atoms with Crippen molar-refractivity contribution in [3.05, 3.63) is 77.3 Å². The van der Waals surface area contributed by atoms with Gasteiger partial charge in [0, 0.05) is 36.1 Å². The van der Waals surface area contributed by atoms with E-state index in [2.05, 4.69) is 4.98 Å². The lowest BCUT2D eigenvalue weighted by Crippen LogP contribution is -2.32. The lowest BCUT2D eigenvalue weighted by atomic mass is 10.2. The van der Waals surface area contributed by atoms with Crippen LogP contribution in [0.15, 0.2) is 61.2 Å². The lowest BCUT2D eigenvalue weighted by molar-refractivity contribution is 0.0986. The van der Waals surface area contributed by atoms with Crippen LogP contribution in [0.2, 0.25) is 5.02 Å². The summed E-state index contributed by atoms with van der Waals surface area (Å²) in [5, 5.41) is 1.25. The fourth-order valence-electron chi connectivity index (χ4n) is 3.08. The molecule has 2 aromatic heterocycles. The third-order valence-electron chi connectivity index (χ3n) is 4.51. The van der Waals surface area contributed by atoms with Crippen molar-refractivity contribution in [2.24, 2.45) is 0 Å². The van der Waals surface area contributed by atoms with E-state index in [4.69, 9.17) is 16.6 Å². The molecule has 0 unspecified atom stereocenters. The van der Waals surface area contributed by atoms with E-state index in [1.165, 1.54) is 11.3 Å². The Hall–Kier alpha value is -2.70. The highest BCUT2D eigenvalue weighted by Gasteiger charge is 2.21. The first-order valence-electron chi connectivity index (χ1n) is 9.01. The molecule has 0 saturated carbocycles. The van der Waals surface area contributed by atoms with Gasteiger partial charge in [-0.15, -0.1) is 0 Å². The van der Waals surface area contributed by atoms with Gasteiger partial charge in [0.2, 0.25) is 0 Å². The minimum Gasteiger partial charge on any atom is -0.337 e. The second-order valence-corrected chi connectivity index (χ2v) is 7.98. The molecule has 7 heteroatoms. The number of carbonyl (C=O) groups excluding carboxylic acids is 1. The summed E-state index contributed by atoms with van der Waals surface area (Å²) in [4.78, 5) is 23.9. The molecule has 28 heavy (non-hydrogen) atoms. The number of aromatic nitrogens is 3. The fraction of sp³-hybridized carbons (Fsp3) is 0.190. The summed E-state index contributed by atoms with van der Waals surface area (Å²) in [6, 6.07) is 13.1. The van der Waals surface area contributed by atoms with Crippen molar-refractivity contribution in [3.63, 3.8) is 0 Å². The van der Waals surface area contributed by atoms with Crippen LogP contribution in [0.4, 0.5) is 5.13 Å². The van der Waals surface area contributed by atoms with Crippen LogP contribution in [0.3, 0.4) is 0 Å². The van der Waals surface area contributed by atoms with Crippen LogP contribution in [-0.4, -0.2) is 27.0 Å². The van der Waals surface area contributed by atoms with Crippen LogP contribution in [0, 0.1) is 6.92 Å². The van der Waals surface area contributed by atoms with Crippen molar-refractivity contribution >= 4 is 44.2 Å². The van der Waals surface area contributed by atoms with Crippen molar-refractivity contribution in [3.8, 4) is 0 Å². The molecule has 0 aliphatic carbocycles. The van der Waals surface area contributed by atoms with Crippen LogP contribution < -0.4 is 4.90 Å². The maximum absolute atomic E-state index is 13.3. The number of para-hydroxylation sites is 1. The van der Waals surface area contributed by atoms with E-state index in [9.17, 15) is 4.79 Å². The molecule has 0 N–H and O–H groups in total. The van der Waals surface area contributed by atoms with Gasteiger partial charge in [-0.3, -0.25) is 9.69 Å². The van der Waals surface area contributed by atoms with Gasteiger partial charge < -0.3 is 4.57 Å². The van der Waals surface area contributed by atoms with E-state index in [1.807, 2.05) is 35.9 Å². The smallest absolute Gasteiger partial charge is 0.260 e. The Bertz CT molecular complexity index is 1110. The second-order valence-electron chi connectivity index (χ2n) is 6.54. The number of thiazole rings is 1. The Kier molecular flexibility index (Phi) is 5.41. The van der Waals surface area contributed by atoms with Crippen molar-refractivity contribution < 1.29 is 4.79 Å². The molecular weight excluding hydrogens is 392 g/mol. The van der Waals surface area contributed by atoms with Crippen LogP contribution >= 0.6 is 22.9 Å². The molecule has 0 spiro atoms. The number of amides is 1. The van der Waals surface area contributed by atoms with Gasteiger partial charge in [0.05, 0.1) is 16.5 Å². The molecule has 142 valence electrons. The molecule has 0 fully saturated rings. The number of fused-ring (bicyclic) bond motifs is 1. The average Bonchev–Trinajstić information content (AvgIpc) is 3.35. The van der Waals surface area contributed by atoms with Gasteiger partial charge in [-0.2, -0.15) is 0 Å². The number of anilines is 1. The number of nitrogens with zero attached hydrogens (tertiary/aromatic N) is 4. The van der Waals surface area contributed by atoms with E-state index < -0.39 is 0 Å². The normalized spacial score (nSPS) is 11.1. The summed E-state index contributed by atoms with van der Waals surface area (Å²) < 4.78 is 3.08. The summed E-state index contributed by atoms with van der Waals surface area (Å²) in [6.07, 6.45) is 6.25. The molecule has 0 atom stereocenters. The minimum absolute atomic E-state index is 0.0927. The summed E-state index contributed by atoms with van der Waals surface area (Å²) in [6.45, 7) is 3.37. The third-order valence-corrected chi connectivity index (χ3v) is 5.79. The summed E-state index contributed by atoms with van der Waals surface area (Å²) >= 11 is 7.64. The molecule has 2 heterocycles. The van der Waals surface area contributed by atoms with Gasteiger partial charge >= 0.3 is 0 Å². The Balaban J connectivity index is 1.65. The zero-order valence-electron chi connectivity index (χ0n) is 15.4. The molecule has 5 nitrogen and oxygen atoms in total. The van der Waals surface area contributed by atoms with Gasteiger partial charge in [-0.05, 0) is 43.2 Å². The molecule has 0 bridgehead atoms. The van der Waals surface area contributed by atoms with Crippen molar-refractivity contribution in [1.82, 2.24) is 14.5 Å². The monoisotopic (exact) mass is 410 g/mol. The number of halogens is 1. The molecule has 2 aromatic carbocycles. The number of imidazole rings is 1. The van der Waals surface area contributed by atoms with Gasteiger partial charge in [-0.25, -0.2) is 9.97 Å². The zero-order valence-corrected chi connectivity index (χ0v) is 17.0. The Labute approximate surface area is 172 Å². The standard InChI is InChI=1S/C21H19ClN4OS/c1-15-5-2-8-18-19(15)24-21(28-18)26(11-4-10-25-12-9-23-14-25)20(27)16-6-3-7-17(22)13-16/h2-3,5-9,12-14H,4,10-11H2,1H3. The highest BCUT2D eigenvalue weighted by atomic mass is 35.5. The summed E-state index contributed by atoms with van der Waals surface area (Å²) in [7, 11) is 0. The maximum Gasteiger partial charge on any atom is 0.260 e. The first kappa shape index (κ1) is 18.7.